The van der Waals surface area contributed by atoms with Crippen LogP contribution in [-0.4, -0.2) is 32.1 Å². The van der Waals surface area contributed by atoms with Crippen molar-refractivity contribution in [3.05, 3.63) is 52.7 Å². The lowest BCUT2D eigenvalue weighted by atomic mass is 10.2. The van der Waals surface area contributed by atoms with E-state index in [0.29, 0.717) is 18.5 Å². The number of hydrogen-bond donors (Lipinski definition) is 2. The average molecular weight is 444 g/mol. The van der Waals surface area contributed by atoms with Crippen molar-refractivity contribution in [2.45, 2.75) is 19.4 Å². The molecule has 2 aromatic rings. The summed E-state index contributed by atoms with van der Waals surface area (Å²) >= 11 is 1.77. The predicted molar refractivity (Wildman–Crippen MR) is 112 cm³/mol. The fraction of sp³-hybridized carbons (Fsp3) is 0.353. The van der Waals surface area contributed by atoms with Gasteiger partial charge in [-0.25, -0.2) is 0 Å². The van der Waals surface area contributed by atoms with Crippen molar-refractivity contribution in [3.63, 3.8) is 0 Å². The zero-order valence-electron chi connectivity index (χ0n) is 13.6. The monoisotopic (exact) mass is 444 g/mol. The second kappa shape index (κ2) is 10.5. The number of benzene rings is 1. The highest BCUT2D eigenvalue weighted by molar-refractivity contribution is 14.0. The summed E-state index contributed by atoms with van der Waals surface area (Å²) in [5.41, 5.74) is 7.11. The van der Waals surface area contributed by atoms with Crippen LogP contribution in [0.1, 0.15) is 11.8 Å². The Morgan fingerprint density at radius 1 is 1.26 bits per heavy atom. The van der Waals surface area contributed by atoms with E-state index in [1.165, 1.54) is 10.6 Å². The van der Waals surface area contributed by atoms with Crippen molar-refractivity contribution >= 4 is 47.0 Å². The third-order valence-corrected chi connectivity index (χ3v) is 4.54. The van der Waals surface area contributed by atoms with Gasteiger partial charge in [-0.2, -0.15) is 0 Å². The lowest BCUT2D eigenvalue weighted by molar-refractivity contribution is 0.692. The van der Waals surface area contributed by atoms with E-state index >= 15 is 0 Å². The SMILES string of the molecule is CC(CN=C(N)NCCc1cccs1)N(C)c1ccccc1.I. The van der Waals surface area contributed by atoms with E-state index in [1.54, 1.807) is 11.3 Å². The van der Waals surface area contributed by atoms with Gasteiger partial charge in [-0.3, -0.25) is 4.99 Å². The van der Waals surface area contributed by atoms with Gasteiger partial charge in [0.25, 0.3) is 0 Å². The molecule has 0 aliphatic rings. The van der Waals surface area contributed by atoms with Gasteiger partial charge < -0.3 is 16.0 Å². The van der Waals surface area contributed by atoms with Gasteiger partial charge in [0.1, 0.15) is 0 Å². The second-order valence-electron chi connectivity index (χ2n) is 5.28. The van der Waals surface area contributed by atoms with Crippen LogP contribution >= 0.6 is 35.3 Å². The minimum atomic E-state index is 0. The van der Waals surface area contributed by atoms with Crippen molar-refractivity contribution in [1.29, 1.82) is 0 Å². The van der Waals surface area contributed by atoms with Gasteiger partial charge in [0.15, 0.2) is 5.96 Å². The van der Waals surface area contributed by atoms with E-state index in [-0.39, 0.29) is 24.0 Å². The van der Waals surface area contributed by atoms with Gasteiger partial charge in [-0.05, 0) is 36.9 Å². The summed E-state index contributed by atoms with van der Waals surface area (Å²) in [6, 6.07) is 14.8. The van der Waals surface area contributed by atoms with Crippen LogP contribution in [0, 0.1) is 0 Å². The standard InChI is InChI=1S/C17H24N4S.HI/c1-14(21(2)15-7-4-3-5-8-15)13-20-17(18)19-11-10-16-9-6-12-22-16;/h3-9,12,14H,10-11,13H2,1-2H3,(H3,18,19,20);1H. The van der Waals surface area contributed by atoms with Crippen molar-refractivity contribution in [1.82, 2.24) is 5.32 Å². The number of anilines is 1. The normalized spacial score (nSPS) is 12.3. The Morgan fingerprint density at radius 3 is 2.65 bits per heavy atom. The molecule has 0 bridgehead atoms. The molecule has 0 spiro atoms. The lowest BCUT2D eigenvalue weighted by Gasteiger charge is -2.25. The molecular weight excluding hydrogens is 419 g/mol. The molecule has 0 radical (unpaired) electrons. The van der Waals surface area contributed by atoms with Crippen LogP contribution in [0.5, 0.6) is 0 Å². The number of para-hydroxylation sites is 1. The quantitative estimate of drug-likeness (QED) is 0.391. The fourth-order valence-corrected chi connectivity index (χ4v) is 2.80. The number of aliphatic imine (C=N–C) groups is 1. The molecule has 23 heavy (non-hydrogen) atoms. The van der Waals surface area contributed by atoms with Gasteiger partial charge in [0, 0.05) is 30.2 Å². The molecule has 0 saturated heterocycles. The number of rotatable bonds is 7. The number of nitrogens with zero attached hydrogens (tertiary/aromatic N) is 2. The smallest absolute Gasteiger partial charge is 0.188 e. The zero-order chi connectivity index (χ0) is 15.8. The molecule has 0 saturated carbocycles. The van der Waals surface area contributed by atoms with Gasteiger partial charge >= 0.3 is 0 Å². The third-order valence-electron chi connectivity index (χ3n) is 3.61. The lowest BCUT2D eigenvalue weighted by Crippen LogP contribution is -2.36. The van der Waals surface area contributed by atoms with Crippen molar-refractivity contribution in [2.24, 2.45) is 10.7 Å². The first-order chi connectivity index (χ1) is 10.7. The second-order valence-corrected chi connectivity index (χ2v) is 6.31. The van der Waals surface area contributed by atoms with Crippen LogP contribution in [0.25, 0.3) is 0 Å². The molecule has 0 aliphatic heterocycles. The number of guanidine groups is 1. The number of halogens is 1. The van der Waals surface area contributed by atoms with E-state index in [2.05, 4.69) is 58.8 Å². The van der Waals surface area contributed by atoms with Crippen LogP contribution in [0.15, 0.2) is 52.8 Å². The topological polar surface area (TPSA) is 53.6 Å². The number of likely N-dealkylation sites (N-methyl/N-ethyl adjacent to an activating group) is 1. The first kappa shape index (κ1) is 19.8. The molecule has 1 aromatic heterocycles. The summed E-state index contributed by atoms with van der Waals surface area (Å²) in [5, 5.41) is 5.26. The summed E-state index contributed by atoms with van der Waals surface area (Å²) in [6.07, 6.45) is 0.980. The molecule has 4 nitrogen and oxygen atoms in total. The summed E-state index contributed by atoms with van der Waals surface area (Å²) in [4.78, 5) is 8.00. The first-order valence-corrected chi connectivity index (χ1v) is 8.39. The predicted octanol–water partition coefficient (Wildman–Crippen LogP) is 3.34. The number of nitrogens with two attached hydrogens (primary N) is 1. The number of nitrogens with one attached hydrogen (secondary N) is 1. The number of hydrogen-bond acceptors (Lipinski definition) is 3. The molecule has 1 aromatic carbocycles. The minimum Gasteiger partial charge on any atom is -0.370 e. The Kier molecular flexibility index (Phi) is 9.01. The van der Waals surface area contributed by atoms with E-state index < -0.39 is 0 Å². The van der Waals surface area contributed by atoms with Gasteiger partial charge in [0.05, 0.1) is 6.54 Å². The van der Waals surface area contributed by atoms with Gasteiger partial charge in [-0.15, -0.1) is 35.3 Å². The van der Waals surface area contributed by atoms with Crippen molar-refractivity contribution in [2.75, 3.05) is 25.0 Å². The molecule has 1 atom stereocenters. The van der Waals surface area contributed by atoms with Crippen LogP contribution in [0.4, 0.5) is 5.69 Å². The van der Waals surface area contributed by atoms with Gasteiger partial charge in [-0.1, -0.05) is 24.3 Å². The molecule has 0 fully saturated rings. The highest BCUT2D eigenvalue weighted by Crippen LogP contribution is 2.14. The highest BCUT2D eigenvalue weighted by Gasteiger charge is 2.09. The molecule has 6 heteroatoms. The van der Waals surface area contributed by atoms with Gasteiger partial charge in [0.2, 0.25) is 0 Å². The van der Waals surface area contributed by atoms with Crippen molar-refractivity contribution in [3.8, 4) is 0 Å². The Bertz CT molecular complexity index is 572. The molecule has 1 unspecified atom stereocenters. The largest absolute Gasteiger partial charge is 0.370 e. The Balaban J connectivity index is 0.00000264. The molecular formula is C17H25IN4S. The first-order valence-electron chi connectivity index (χ1n) is 7.51. The van der Waals surface area contributed by atoms with E-state index in [4.69, 9.17) is 5.73 Å². The molecule has 0 amide bonds. The molecule has 0 aliphatic carbocycles. The van der Waals surface area contributed by atoms with Crippen LogP contribution in [0.2, 0.25) is 0 Å². The Morgan fingerprint density at radius 2 is 2.00 bits per heavy atom. The summed E-state index contributed by atoms with van der Waals surface area (Å²) in [5.74, 6) is 0.518. The average Bonchev–Trinajstić information content (AvgIpc) is 3.06. The molecule has 126 valence electrons. The molecule has 2 rings (SSSR count). The highest BCUT2D eigenvalue weighted by atomic mass is 127. The fourth-order valence-electron chi connectivity index (χ4n) is 2.10. The van der Waals surface area contributed by atoms with E-state index in [1.807, 2.05) is 18.2 Å². The minimum absolute atomic E-state index is 0. The molecule has 3 N–H and O–H groups in total. The van der Waals surface area contributed by atoms with Crippen LogP contribution in [-0.2, 0) is 6.42 Å². The Labute approximate surface area is 159 Å². The number of thiophene rings is 1. The summed E-state index contributed by atoms with van der Waals surface area (Å²) in [7, 11) is 2.08. The van der Waals surface area contributed by atoms with E-state index in [0.717, 1.165) is 13.0 Å². The maximum Gasteiger partial charge on any atom is 0.188 e. The van der Waals surface area contributed by atoms with E-state index in [9.17, 15) is 0 Å². The Hall–Kier alpha value is -1.28. The maximum atomic E-state index is 5.92. The van der Waals surface area contributed by atoms with Crippen LogP contribution in [0.3, 0.4) is 0 Å². The summed E-state index contributed by atoms with van der Waals surface area (Å²) in [6.45, 7) is 3.64. The van der Waals surface area contributed by atoms with Crippen LogP contribution < -0.4 is 16.0 Å². The zero-order valence-corrected chi connectivity index (χ0v) is 16.8. The van der Waals surface area contributed by atoms with Crippen molar-refractivity contribution < 1.29 is 0 Å². The third kappa shape index (κ3) is 6.78. The molecule has 1 heterocycles. The maximum absolute atomic E-state index is 5.92. The summed E-state index contributed by atoms with van der Waals surface area (Å²) < 4.78 is 0.